The zero-order chi connectivity index (χ0) is 15.8. The Kier molecular flexibility index (Phi) is 4.11. The molecule has 6 nitrogen and oxygen atoms in total. The van der Waals surface area contributed by atoms with Gasteiger partial charge in [-0.1, -0.05) is 0 Å². The Balaban J connectivity index is 1.75. The maximum Gasteiger partial charge on any atom is 0.213 e. The summed E-state index contributed by atoms with van der Waals surface area (Å²) >= 11 is 0. The molecule has 2 aliphatic rings. The van der Waals surface area contributed by atoms with E-state index in [2.05, 4.69) is 15.1 Å². The van der Waals surface area contributed by atoms with E-state index in [1.54, 1.807) is 11.2 Å². The topological polar surface area (TPSA) is 66.4 Å². The van der Waals surface area contributed by atoms with Gasteiger partial charge in [-0.2, -0.15) is 5.10 Å². The van der Waals surface area contributed by atoms with Crippen LogP contribution in [-0.2, 0) is 10.0 Å². The summed E-state index contributed by atoms with van der Waals surface area (Å²) in [5.41, 5.74) is 0.990. The Labute approximate surface area is 132 Å². The van der Waals surface area contributed by atoms with Crippen molar-refractivity contribution >= 4 is 15.8 Å². The quantitative estimate of drug-likeness (QED) is 0.841. The Morgan fingerprint density at radius 1 is 1.18 bits per heavy atom. The van der Waals surface area contributed by atoms with E-state index >= 15 is 0 Å². The number of hydrogen-bond donors (Lipinski definition) is 0. The number of piperidine rings is 1. The summed E-state index contributed by atoms with van der Waals surface area (Å²) in [5, 5.41) is 8.42. The molecule has 1 atom stereocenters. The highest BCUT2D eigenvalue weighted by molar-refractivity contribution is 7.89. The number of sulfonamides is 1. The summed E-state index contributed by atoms with van der Waals surface area (Å²) in [5.74, 6) is 1.09. The van der Waals surface area contributed by atoms with Crippen LogP contribution in [0.2, 0.25) is 0 Å². The standard InChI is InChI=1S/C15H24N4O2S/c1-3-22(20,21)19-10-8-15(12-19)7-4-9-18(11-15)14-6-5-13(2)16-17-14/h5-6H,3-4,7-12H2,1-2H3/t15-/m1/s1. The SMILES string of the molecule is CCS(=O)(=O)N1CC[C@@]2(CCCN(c3ccc(C)nn3)C2)C1. The van der Waals surface area contributed by atoms with Crippen LogP contribution in [0.3, 0.4) is 0 Å². The first-order valence-electron chi connectivity index (χ1n) is 7.97. The molecule has 0 N–H and O–H groups in total. The smallest absolute Gasteiger partial charge is 0.213 e. The molecule has 0 saturated carbocycles. The van der Waals surface area contributed by atoms with E-state index in [1.807, 2.05) is 19.1 Å². The monoisotopic (exact) mass is 324 g/mol. The normalized spacial score (nSPS) is 26.7. The van der Waals surface area contributed by atoms with Crippen LogP contribution in [0.5, 0.6) is 0 Å². The Bertz CT molecular complexity index is 631. The minimum Gasteiger partial charge on any atom is -0.355 e. The Hall–Kier alpha value is -1.21. The summed E-state index contributed by atoms with van der Waals surface area (Å²) < 4.78 is 25.9. The fourth-order valence-electron chi connectivity index (χ4n) is 3.61. The highest BCUT2D eigenvalue weighted by atomic mass is 32.2. The zero-order valence-corrected chi connectivity index (χ0v) is 14.1. The van der Waals surface area contributed by atoms with Gasteiger partial charge < -0.3 is 4.90 Å². The molecule has 1 aromatic rings. The van der Waals surface area contributed by atoms with Gasteiger partial charge >= 0.3 is 0 Å². The molecule has 1 spiro atoms. The minimum atomic E-state index is -3.07. The summed E-state index contributed by atoms with van der Waals surface area (Å²) in [7, 11) is -3.07. The molecule has 3 heterocycles. The number of nitrogens with zero attached hydrogens (tertiary/aromatic N) is 4. The molecule has 0 amide bonds. The van der Waals surface area contributed by atoms with E-state index in [1.165, 1.54) is 0 Å². The van der Waals surface area contributed by atoms with Crippen molar-refractivity contribution in [2.24, 2.45) is 5.41 Å². The molecule has 22 heavy (non-hydrogen) atoms. The number of aryl methyl sites for hydroxylation is 1. The molecule has 122 valence electrons. The van der Waals surface area contributed by atoms with Crippen LogP contribution in [0.4, 0.5) is 5.82 Å². The van der Waals surface area contributed by atoms with Crippen LogP contribution in [0.1, 0.15) is 31.9 Å². The summed E-state index contributed by atoms with van der Waals surface area (Å²) in [6.07, 6.45) is 3.12. The van der Waals surface area contributed by atoms with Crippen LogP contribution >= 0.6 is 0 Å². The van der Waals surface area contributed by atoms with E-state index in [0.717, 1.165) is 43.9 Å². The summed E-state index contributed by atoms with van der Waals surface area (Å²) in [6, 6.07) is 3.99. The molecule has 2 saturated heterocycles. The van der Waals surface area contributed by atoms with E-state index in [0.29, 0.717) is 13.1 Å². The number of anilines is 1. The van der Waals surface area contributed by atoms with Crippen LogP contribution in [0.15, 0.2) is 12.1 Å². The van der Waals surface area contributed by atoms with Crippen LogP contribution in [0, 0.1) is 12.3 Å². The van der Waals surface area contributed by atoms with Gasteiger partial charge in [0.15, 0.2) is 5.82 Å². The zero-order valence-electron chi connectivity index (χ0n) is 13.3. The Morgan fingerprint density at radius 3 is 2.68 bits per heavy atom. The second-order valence-corrected chi connectivity index (χ2v) is 8.80. The lowest BCUT2D eigenvalue weighted by atomic mass is 9.79. The van der Waals surface area contributed by atoms with Gasteiger partial charge in [-0.25, -0.2) is 12.7 Å². The van der Waals surface area contributed by atoms with Gasteiger partial charge in [0.25, 0.3) is 0 Å². The third-order valence-electron chi connectivity index (χ3n) is 4.93. The molecule has 0 radical (unpaired) electrons. The average molecular weight is 324 g/mol. The lowest BCUT2D eigenvalue weighted by Crippen LogP contribution is -2.46. The van der Waals surface area contributed by atoms with Gasteiger partial charge in [0.1, 0.15) is 0 Å². The predicted octanol–water partition coefficient (Wildman–Crippen LogP) is 1.43. The molecule has 2 fully saturated rings. The third kappa shape index (κ3) is 2.96. The molecule has 0 aliphatic carbocycles. The van der Waals surface area contributed by atoms with E-state index < -0.39 is 10.0 Å². The first-order valence-corrected chi connectivity index (χ1v) is 9.58. The highest BCUT2D eigenvalue weighted by Crippen LogP contribution is 2.40. The van der Waals surface area contributed by atoms with Crippen LogP contribution in [-0.4, -0.2) is 54.9 Å². The second-order valence-electron chi connectivity index (χ2n) is 6.54. The van der Waals surface area contributed by atoms with Crippen molar-refractivity contribution in [3.8, 4) is 0 Å². The van der Waals surface area contributed by atoms with Crippen LogP contribution < -0.4 is 4.90 Å². The molecule has 0 bridgehead atoms. The summed E-state index contributed by atoms with van der Waals surface area (Å²) in [6.45, 7) is 6.80. The molecule has 0 aromatic carbocycles. The molecule has 1 aromatic heterocycles. The fraction of sp³-hybridized carbons (Fsp3) is 0.733. The molecule has 0 unspecified atom stereocenters. The molecular formula is C15H24N4O2S. The van der Waals surface area contributed by atoms with Crippen molar-refractivity contribution in [3.63, 3.8) is 0 Å². The molecule has 2 aliphatic heterocycles. The van der Waals surface area contributed by atoms with Gasteiger partial charge in [-0.05, 0) is 45.2 Å². The maximum atomic E-state index is 12.1. The first-order chi connectivity index (χ1) is 10.4. The second kappa shape index (κ2) is 5.77. The number of aromatic nitrogens is 2. The molecule has 7 heteroatoms. The predicted molar refractivity (Wildman–Crippen MR) is 86.3 cm³/mol. The van der Waals surface area contributed by atoms with Crippen molar-refractivity contribution in [1.82, 2.24) is 14.5 Å². The summed E-state index contributed by atoms with van der Waals surface area (Å²) in [4.78, 5) is 2.26. The van der Waals surface area contributed by atoms with Crippen molar-refractivity contribution in [2.75, 3.05) is 36.8 Å². The van der Waals surface area contributed by atoms with Gasteiger partial charge in [-0.15, -0.1) is 5.10 Å². The van der Waals surface area contributed by atoms with Gasteiger partial charge in [0, 0.05) is 31.6 Å². The number of rotatable bonds is 3. The highest BCUT2D eigenvalue weighted by Gasteiger charge is 2.44. The van der Waals surface area contributed by atoms with Crippen molar-refractivity contribution < 1.29 is 8.42 Å². The first kappa shape index (κ1) is 15.7. The van der Waals surface area contributed by atoms with E-state index in [9.17, 15) is 8.42 Å². The molecular weight excluding hydrogens is 300 g/mol. The van der Waals surface area contributed by atoms with Gasteiger partial charge in [0.05, 0.1) is 11.4 Å². The third-order valence-corrected chi connectivity index (χ3v) is 6.76. The van der Waals surface area contributed by atoms with Crippen molar-refractivity contribution in [2.45, 2.75) is 33.1 Å². The van der Waals surface area contributed by atoms with Crippen molar-refractivity contribution in [1.29, 1.82) is 0 Å². The lowest BCUT2D eigenvalue weighted by molar-refractivity contribution is 0.246. The maximum absolute atomic E-state index is 12.1. The van der Waals surface area contributed by atoms with E-state index in [4.69, 9.17) is 0 Å². The molecule has 3 rings (SSSR count). The van der Waals surface area contributed by atoms with E-state index in [-0.39, 0.29) is 11.2 Å². The Morgan fingerprint density at radius 2 is 2.00 bits per heavy atom. The minimum absolute atomic E-state index is 0.0764. The van der Waals surface area contributed by atoms with Crippen molar-refractivity contribution in [3.05, 3.63) is 17.8 Å². The fourth-order valence-corrected chi connectivity index (χ4v) is 4.82. The number of hydrogen-bond acceptors (Lipinski definition) is 5. The van der Waals surface area contributed by atoms with Gasteiger partial charge in [0.2, 0.25) is 10.0 Å². The van der Waals surface area contributed by atoms with Gasteiger partial charge in [-0.3, -0.25) is 0 Å². The average Bonchev–Trinajstić information content (AvgIpc) is 2.92. The van der Waals surface area contributed by atoms with Crippen LogP contribution in [0.25, 0.3) is 0 Å². The lowest BCUT2D eigenvalue weighted by Gasteiger charge is -2.40. The largest absolute Gasteiger partial charge is 0.355 e.